The Morgan fingerprint density at radius 2 is 2.08 bits per heavy atom. The van der Waals surface area contributed by atoms with Crippen LogP contribution in [0.1, 0.15) is 0 Å². The number of rotatable bonds is 2. The Labute approximate surface area is 72.7 Å². The molecule has 1 heterocycles. The number of thioether (sulfide) groups is 1. The van der Waals surface area contributed by atoms with Gasteiger partial charge in [0, 0.05) is 0 Å². The summed E-state index contributed by atoms with van der Waals surface area (Å²) >= 11 is 0.994. The van der Waals surface area contributed by atoms with E-state index < -0.39 is 30.6 Å². The summed E-state index contributed by atoms with van der Waals surface area (Å²) in [7, 11) is -4.17. The fourth-order valence-electron chi connectivity index (χ4n) is 0.854. The molecule has 0 aliphatic carbocycles. The van der Waals surface area contributed by atoms with Crippen molar-refractivity contribution in [3.05, 3.63) is 0 Å². The Hall–Kier alpha value is -0.160. The van der Waals surface area contributed by atoms with Crippen molar-refractivity contribution >= 4 is 30.9 Å². The molecule has 0 aromatic carbocycles. The fourth-order valence-corrected chi connectivity index (χ4v) is 3.23. The molecule has 0 aromatic rings. The molecule has 12 heavy (non-hydrogen) atoms. The van der Waals surface area contributed by atoms with Crippen molar-refractivity contribution in [1.29, 1.82) is 0 Å². The van der Waals surface area contributed by atoms with Crippen LogP contribution < -0.4 is 0 Å². The van der Waals surface area contributed by atoms with Gasteiger partial charge in [0.1, 0.15) is 0 Å². The maximum Gasteiger partial charge on any atom is 0.327 e. The van der Waals surface area contributed by atoms with Crippen molar-refractivity contribution in [3.8, 4) is 0 Å². The molecule has 1 atom stereocenters. The quantitative estimate of drug-likeness (QED) is 0.468. The van der Waals surface area contributed by atoms with Gasteiger partial charge in [0.15, 0.2) is 0 Å². The molecule has 1 rings (SSSR count). The average molecular weight is 210 g/mol. The van der Waals surface area contributed by atoms with Gasteiger partial charge in [-0.05, 0) is 0 Å². The second-order valence-electron chi connectivity index (χ2n) is 2.43. The first-order chi connectivity index (χ1) is 5.40. The predicted molar refractivity (Wildman–Crippen MR) is 43.2 cm³/mol. The summed E-state index contributed by atoms with van der Waals surface area (Å²) in [6.07, 6.45) is -0.526. The standard InChI is InChI=1S/C5H7O5PS/c6-3-2-12-4(5(3)7)1-11(8,9)10/h4H,1-2H2,(H2,8,9,10). The van der Waals surface area contributed by atoms with Crippen LogP contribution in [0.2, 0.25) is 0 Å². The minimum absolute atomic E-state index is 0.0451. The molecule has 1 unspecified atom stereocenters. The molecule has 1 aliphatic rings. The lowest BCUT2D eigenvalue weighted by Crippen LogP contribution is -2.21. The summed E-state index contributed by atoms with van der Waals surface area (Å²) < 4.78 is 10.5. The molecule has 5 nitrogen and oxygen atoms in total. The third-order valence-corrected chi connectivity index (χ3v) is 3.69. The Morgan fingerprint density at radius 1 is 1.50 bits per heavy atom. The SMILES string of the molecule is O=C1CSC(CP(=O)(O)O)C1=O. The largest absolute Gasteiger partial charge is 0.327 e. The number of carbonyl (C=O) groups is 2. The topological polar surface area (TPSA) is 91.7 Å². The predicted octanol–water partition coefficient (Wildman–Crippen LogP) is -0.582. The van der Waals surface area contributed by atoms with Crippen LogP contribution in [0, 0.1) is 0 Å². The van der Waals surface area contributed by atoms with E-state index in [1.54, 1.807) is 0 Å². The normalized spacial score (nSPS) is 25.0. The van der Waals surface area contributed by atoms with Gasteiger partial charge in [-0.1, -0.05) is 0 Å². The van der Waals surface area contributed by atoms with Gasteiger partial charge in [-0.25, -0.2) is 0 Å². The van der Waals surface area contributed by atoms with E-state index in [1.807, 2.05) is 0 Å². The van der Waals surface area contributed by atoms with E-state index >= 15 is 0 Å². The van der Waals surface area contributed by atoms with Crippen molar-refractivity contribution in [1.82, 2.24) is 0 Å². The lowest BCUT2D eigenvalue weighted by Gasteiger charge is -2.06. The maximum atomic E-state index is 10.9. The number of Topliss-reactive ketones (excluding diaryl/α,β-unsaturated/α-hetero) is 2. The zero-order valence-electron chi connectivity index (χ0n) is 5.97. The van der Waals surface area contributed by atoms with Gasteiger partial charge < -0.3 is 9.79 Å². The van der Waals surface area contributed by atoms with Crippen molar-refractivity contribution in [2.24, 2.45) is 0 Å². The van der Waals surface area contributed by atoms with Crippen LogP contribution >= 0.6 is 19.4 Å². The highest BCUT2D eigenvalue weighted by Crippen LogP contribution is 2.39. The van der Waals surface area contributed by atoms with Crippen LogP contribution in [0.4, 0.5) is 0 Å². The third kappa shape index (κ3) is 2.42. The molecule has 0 spiro atoms. The van der Waals surface area contributed by atoms with Crippen molar-refractivity contribution in [3.63, 3.8) is 0 Å². The molecular weight excluding hydrogens is 203 g/mol. The number of hydrogen-bond donors (Lipinski definition) is 2. The molecule has 0 amide bonds. The smallest absolute Gasteiger partial charge is 0.324 e. The third-order valence-electron chi connectivity index (χ3n) is 1.39. The van der Waals surface area contributed by atoms with Crippen molar-refractivity contribution < 1.29 is 23.9 Å². The van der Waals surface area contributed by atoms with Gasteiger partial charge in [-0.3, -0.25) is 14.2 Å². The zero-order chi connectivity index (χ0) is 9.35. The van der Waals surface area contributed by atoms with Crippen LogP contribution in [0.15, 0.2) is 0 Å². The average Bonchev–Trinajstić information content (AvgIpc) is 2.16. The van der Waals surface area contributed by atoms with Crippen LogP contribution in [-0.4, -0.2) is 38.5 Å². The fraction of sp³-hybridized carbons (Fsp3) is 0.600. The van der Waals surface area contributed by atoms with Gasteiger partial charge in [-0.2, -0.15) is 0 Å². The Kier molecular flexibility index (Phi) is 2.73. The minimum Gasteiger partial charge on any atom is -0.324 e. The zero-order valence-corrected chi connectivity index (χ0v) is 7.68. The lowest BCUT2D eigenvalue weighted by molar-refractivity contribution is -0.133. The summed E-state index contributed by atoms with van der Waals surface area (Å²) in [6.45, 7) is 0. The molecule has 0 radical (unpaired) electrons. The summed E-state index contributed by atoms with van der Waals surface area (Å²) in [5.41, 5.74) is 0. The molecule has 1 aliphatic heterocycles. The van der Waals surface area contributed by atoms with E-state index in [0.29, 0.717) is 0 Å². The van der Waals surface area contributed by atoms with E-state index in [-0.39, 0.29) is 5.75 Å². The van der Waals surface area contributed by atoms with E-state index in [4.69, 9.17) is 9.79 Å². The van der Waals surface area contributed by atoms with E-state index in [9.17, 15) is 14.2 Å². The summed E-state index contributed by atoms with van der Waals surface area (Å²) in [4.78, 5) is 38.5. The minimum atomic E-state index is -4.17. The molecule has 2 N–H and O–H groups in total. The Balaban J connectivity index is 2.62. The number of carbonyl (C=O) groups excluding carboxylic acids is 2. The van der Waals surface area contributed by atoms with Crippen molar-refractivity contribution in [2.45, 2.75) is 5.25 Å². The molecule has 0 saturated carbocycles. The molecular formula is C5H7O5PS. The van der Waals surface area contributed by atoms with Gasteiger partial charge in [0.05, 0.1) is 17.2 Å². The second-order valence-corrected chi connectivity index (χ2v) is 5.32. The molecule has 68 valence electrons. The van der Waals surface area contributed by atoms with E-state index in [0.717, 1.165) is 11.8 Å². The summed E-state index contributed by atoms with van der Waals surface area (Å²) in [5.74, 6) is -1.16. The molecule has 1 fully saturated rings. The highest BCUT2D eigenvalue weighted by atomic mass is 32.2. The Morgan fingerprint density at radius 3 is 2.42 bits per heavy atom. The molecule has 0 aromatic heterocycles. The number of ketones is 2. The van der Waals surface area contributed by atoms with Gasteiger partial charge in [0.25, 0.3) is 0 Å². The monoisotopic (exact) mass is 210 g/mol. The molecule has 0 bridgehead atoms. The summed E-state index contributed by atoms with van der Waals surface area (Å²) in [5, 5.41) is -0.835. The van der Waals surface area contributed by atoms with Gasteiger partial charge >= 0.3 is 7.60 Å². The molecule has 7 heteroatoms. The Bertz CT molecular complexity index is 269. The van der Waals surface area contributed by atoms with Gasteiger partial charge in [0.2, 0.25) is 11.6 Å². The first-order valence-corrected chi connectivity index (χ1v) is 5.98. The highest BCUT2D eigenvalue weighted by molar-refractivity contribution is 8.02. The van der Waals surface area contributed by atoms with Crippen LogP contribution in [-0.2, 0) is 14.2 Å². The lowest BCUT2D eigenvalue weighted by atomic mass is 10.2. The summed E-state index contributed by atoms with van der Waals surface area (Å²) in [6, 6.07) is 0. The van der Waals surface area contributed by atoms with Crippen LogP contribution in [0.5, 0.6) is 0 Å². The van der Waals surface area contributed by atoms with Crippen LogP contribution in [0.3, 0.4) is 0 Å². The first-order valence-electron chi connectivity index (χ1n) is 3.13. The second kappa shape index (κ2) is 3.30. The van der Waals surface area contributed by atoms with E-state index in [2.05, 4.69) is 0 Å². The van der Waals surface area contributed by atoms with Crippen LogP contribution in [0.25, 0.3) is 0 Å². The van der Waals surface area contributed by atoms with Gasteiger partial charge in [-0.15, -0.1) is 11.8 Å². The molecule has 1 saturated heterocycles. The number of hydrogen-bond acceptors (Lipinski definition) is 4. The highest BCUT2D eigenvalue weighted by Gasteiger charge is 2.37. The maximum absolute atomic E-state index is 10.9. The van der Waals surface area contributed by atoms with E-state index in [1.165, 1.54) is 0 Å². The first kappa shape index (κ1) is 9.92. The van der Waals surface area contributed by atoms with Crippen molar-refractivity contribution in [2.75, 3.05) is 11.9 Å².